The molecule has 26 heavy (non-hydrogen) atoms. The molecule has 1 aromatic heterocycles. The first kappa shape index (κ1) is 18.6. The molecule has 136 valence electrons. The average Bonchev–Trinajstić information content (AvgIpc) is 2.65. The summed E-state index contributed by atoms with van der Waals surface area (Å²) in [7, 11) is 0. The van der Waals surface area contributed by atoms with E-state index >= 15 is 0 Å². The van der Waals surface area contributed by atoms with Gasteiger partial charge >= 0.3 is 0 Å². The second kappa shape index (κ2) is 7.99. The molecule has 5 nitrogen and oxygen atoms in total. The van der Waals surface area contributed by atoms with E-state index in [1.165, 1.54) is 5.56 Å². The third-order valence-corrected chi connectivity index (χ3v) is 5.35. The van der Waals surface area contributed by atoms with Crippen LogP contribution in [0.4, 0.5) is 5.82 Å². The zero-order valence-electron chi connectivity index (χ0n) is 15.0. The maximum absolute atomic E-state index is 12.7. The van der Waals surface area contributed by atoms with E-state index in [0.717, 1.165) is 15.6 Å². The number of rotatable bonds is 3. The number of carbonyl (C=O) groups is 2. The molecule has 0 aliphatic carbocycles. The number of aryl methyl sites for hydroxylation is 2. The first-order chi connectivity index (χ1) is 12.4. The molecule has 2 heterocycles. The molecule has 0 atom stereocenters. The van der Waals surface area contributed by atoms with Gasteiger partial charge in [-0.3, -0.25) is 9.59 Å². The van der Waals surface area contributed by atoms with Crippen molar-refractivity contribution in [1.82, 2.24) is 9.88 Å². The molecule has 0 unspecified atom stereocenters. The van der Waals surface area contributed by atoms with E-state index in [-0.39, 0.29) is 17.7 Å². The Morgan fingerprint density at radius 3 is 2.46 bits per heavy atom. The Hall–Kier alpha value is -2.21. The van der Waals surface area contributed by atoms with Crippen LogP contribution in [-0.4, -0.2) is 34.8 Å². The highest BCUT2D eigenvalue weighted by Gasteiger charge is 2.28. The highest BCUT2D eigenvalue weighted by atomic mass is 79.9. The molecular weight excluding hydrogens is 394 g/mol. The number of nitrogens with zero attached hydrogens (tertiary/aromatic N) is 2. The smallest absolute Gasteiger partial charge is 0.253 e. The molecule has 1 fully saturated rings. The van der Waals surface area contributed by atoms with E-state index in [1.807, 2.05) is 43.0 Å². The lowest BCUT2D eigenvalue weighted by molar-refractivity contribution is -0.121. The Kier molecular flexibility index (Phi) is 5.71. The summed E-state index contributed by atoms with van der Waals surface area (Å²) in [5.74, 6) is 0.468. The fourth-order valence-corrected chi connectivity index (χ4v) is 3.31. The minimum Gasteiger partial charge on any atom is -0.339 e. The van der Waals surface area contributed by atoms with Crippen molar-refractivity contribution in [3.05, 3.63) is 57.7 Å². The number of anilines is 1. The van der Waals surface area contributed by atoms with Gasteiger partial charge in [-0.05, 0) is 78.0 Å². The number of hydrogen-bond acceptors (Lipinski definition) is 3. The number of likely N-dealkylation sites (tertiary alicyclic amines) is 1. The van der Waals surface area contributed by atoms with Crippen LogP contribution < -0.4 is 5.32 Å². The van der Waals surface area contributed by atoms with Gasteiger partial charge < -0.3 is 10.2 Å². The molecule has 6 heteroatoms. The topological polar surface area (TPSA) is 62.3 Å². The van der Waals surface area contributed by atoms with Crippen LogP contribution in [-0.2, 0) is 4.79 Å². The summed E-state index contributed by atoms with van der Waals surface area (Å²) in [5.41, 5.74) is 3.01. The zero-order valence-corrected chi connectivity index (χ0v) is 16.5. The van der Waals surface area contributed by atoms with Crippen LogP contribution in [0.1, 0.15) is 34.3 Å². The van der Waals surface area contributed by atoms with Gasteiger partial charge in [-0.25, -0.2) is 4.98 Å². The highest BCUT2D eigenvalue weighted by Crippen LogP contribution is 2.22. The predicted molar refractivity (Wildman–Crippen MR) is 105 cm³/mol. The maximum Gasteiger partial charge on any atom is 0.253 e. The van der Waals surface area contributed by atoms with Gasteiger partial charge in [0.05, 0.1) is 0 Å². The average molecular weight is 416 g/mol. The number of amides is 2. The largest absolute Gasteiger partial charge is 0.339 e. The number of aromatic nitrogens is 1. The van der Waals surface area contributed by atoms with E-state index in [0.29, 0.717) is 31.7 Å². The highest BCUT2D eigenvalue weighted by molar-refractivity contribution is 9.10. The van der Waals surface area contributed by atoms with Gasteiger partial charge in [0.25, 0.3) is 5.91 Å². The predicted octanol–water partition coefficient (Wildman–Crippen LogP) is 3.95. The van der Waals surface area contributed by atoms with Crippen LogP contribution in [0, 0.1) is 19.8 Å². The van der Waals surface area contributed by atoms with E-state index in [4.69, 9.17) is 0 Å². The van der Waals surface area contributed by atoms with E-state index < -0.39 is 0 Å². The summed E-state index contributed by atoms with van der Waals surface area (Å²) >= 11 is 3.32. The number of carbonyl (C=O) groups excluding carboxylic acids is 2. The molecule has 1 saturated heterocycles. The Morgan fingerprint density at radius 1 is 1.12 bits per heavy atom. The molecule has 2 aromatic rings. The number of halogens is 1. The van der Waals surface area contributed by atoms with Crippen molar-refractivity contribution in [2.45, 2.75) is 26.7 Å². The quantitative estimate of drug-likeness (QED) is 0.824. The van der Waals surface area contributed by atoms with Crippen LogP contribution in [0.15, 0.2) is 41.0 Å². The monoisotopic (exact) mass is 415 g/mol. The standard InChI is InChI=1S/C20H22BrN3O2/c1-13-3-4-16(11-14(13)2)20(26)24-9-7-15(8-10-24)19(25)23-18-6-5-17(21)12-22-18/h3-6,11-12,15H,7-10H2,1-2H3,(H,22,23,25). The minimum atomic E-state index is -0.0933. The third kappa shape index (κ3) is 4.30. The fourth-order valence-electron chi connectivity index (χ4n) is 3.08. The van der Waals surface area contributed by atoms with Gasteiger partial charge in [-0.2, -0.15) is 0 Å². The Bertz CT molecular complexity index is 812. The summed E-state index contributed by atoms with van der Waals surface area (Å²) in [4.78, 5) is 31.1. The van der Waals surface area contributed by atoms with E-state index in [9.17, 15) is 9.59 Å². The van der Waals surface area contributed by atoms with Gasteiger partial charge in [0.15, 0.2) is 0 Å². The van der Waals surface area contributed by atoms with Crippen LogP contribution in [0.5, 0.6) is 0 Å². The van der Waals surface area contributed by atoms with Crippen LogP contribution in [0.2, 0.25) is 0 Å². The normalized spacial score (nSPS) is 15.0. The summed E-state index contributed by atoms with van der Waals surface area (Å²) < 4.78 is 0.869. The molecular formula is C20H22BrN3O2. The first-order valence-corrected chi connectivity index (χ1v) is 9.52. The minimum absolute atomic E-state index is 0.0295. The molecule has 0 saturated carbocycles. The first-order valence-electron chi connectivity index (χ1n) is 8.73. The molecule has 0 spiro atoms. The van der Waals surface area contributed by atoms with Crippen molar-refractivity contribution in [2.24, 2.45) is 5.92 Å². The lowest BCUT2D eigenvalue weighted by atomic mass is 9.95. The van der Waals surface area contributed by atoms with E-state index in [1.54, 1.807) is 12.3 Å². The number of benzene rings is 1. The summed E-state index contributed by atoms with van der Waals surface area (Å²) in [5, 5.41) is 2.85. The van der Waals surface area contributed by atoms with Crippen molar-refractivity contribution in [1.29, 1.82) is 0 Å². The third-order valence-electron chi connectivity index (χ3n) is 4.89. The number of piperidine rings is 1. The van der Waals surface area contributed by atoms with Gasteiger partial charge in [0.1, 0.15) is 5.82 Å². The molecule has 1 aliphatic rings. The van der Waals surface area contributed by atoms with E-state index in [2.05, 4.69) is 26.2 Å². The van der Waals surface area contributed by atoms with Crippen molar-refractivity contribution in [3.8, 4) is 0 Å². The maximum atomic E-state index is 12.7. The Labute approximate surface area is 161 Å². The van der Waals surface area contributed by atoms with Gasteiger partial charge in [0.2, 0.25) is 5.91 Å². The van der Waals surface area contributed by atoms with Crippen molar-refractivity contribution >= 4 is 33.6 Å². The molecule has 1 aromatic carbocycles. The molecule has 1 N–H and O–H groups in total. The molecule has 0 bridgehead atoms. The van der Waals surface area contributed by atoms with Crippen LogP contribution in [0.25, 0.3) is 0 Å². The SMILES string of the molecule is Cc1ccc(C(=O)N2CCC(C(=O)Nc3ccc(Br)cn3)CC2)cc1C. The lowest BCUT2D eigenvalue weighted by Gasteiger charge is -2.31. The molecule has 1 aliphatic heterocycles. The number of pyridine rings is 1. The summed E-state index contributed by atoms with van der Waals surface area (Å²) in [6, 6.07) is 9.40. The number of hydrogen-bond donors (Lipinski definition) is 1. The van der Waals surface area contributed by atoms with Gasteiger partial charge in [-0.15, -0.1) is 0 Å². The Balaban J connectivity index is 1.56. The lowest BCUT2D eigenvalue weighted by Crippen LogP contribution is -2.41. The summed E-state index contributed by atoms with van der Waals surface area (Å²) in [6.07, 6.45) is 2.98. The summed E-state index contributed by atoms with van der Waals surface area (Å²) in [6.45, 7) is 5.24. The van der Waals surface area contributed by atoms with Gasteiger partial charge in [0, 0.05) is 35.2 Å². The second-order valence-corrected chi connectivity index (χ2v) is 7.63. The molecule has 3 rings (SSSR count). The zero-order chi connectivity index (χ0) is 18.7. The number of nitrogens with one attached hydrogen (secondary N) is 1. The second-order valence-electron chi connectivity index (χ2n) is 6.72. The van der Waals surface area contributed by atoms with Crippen molar-refractivity contribution in [2.75, 3.05) is 18.4 Å². The van der Waals surface area contributed by atoms with Crippen molar-refractivity contribution < 1.29 is 9.59 Å². The molecule has 0 radical (unpaired) electrons. The molecule has 2 amide bonds. The van der Waals surface area contributed by atoms with Crippen LogP contribution >= 0.6 is 15.9 Å². The van der Waals surface area contributed by atoms with Crippen LogP contribution in [0.3, 0.4) is 0 Å². The fraction of sp³-hybridized carbons (Fsp3) is 0.350. The van der Waals surface area contributed by atoms with Gasteiger partial charge in [-0.1, -0.05) is 6.07 Å². The Morgan fingerprint density at radius 2 is 1.85 bits per heavy atom. The van der Waals surface area contributed by atoms with Crippen molar-refractivity contribution in [3.63, 3.8) is 0 Å².